The summed E-state index contributed by atoms with van der Waals surface area (Å²) in [7, 11) is 1.64. The van der Waals surface area contributed by atoms with E-state index in [0.717, 1.165) is 47.0 Å². The zero-order chi connectivity index (χ0) is 15.2. The molecule has 0 aliphatic heterocycles. The van der Waals surface area contributed by atoms with Gasteiger partial charge in [0.15, 0.2) is 0 Å². The smallest absolute Gasteiger partial charge is 0.314 e. The molecule has 0 spiro atoms. The lowest BCUT2D eigenvalue weighted by Crippen LogP contribution is -2.07. The number of ether oxygens (including phenoxy) is 2. The summed E-state index contributed by atoms with van der Waals surface area (Å²) in [6.45, 7) is 2.16. The topological polar surface area (TPSA) is 35.5 Å². The average Bonchev–Trinajstić information content (AvgIpc) is 3.35. The van der Waals surface area contributed by atoms with Gasteiger partial charge in [-0.1, -0.05) is 13.3 Å². The van der Waals surface area contributed by atoms with Crippen LogP contribution in [-0.4, -0.2) is 13.1 Å². The zero-order valence-corrected chi connectivity index (χ0v) is 14.7. The second-order valence-electron chi connectivity index (χ2n) is 5.26. The van der Waals surface area contributed by atoms with Crippen molar-refractivity contribution >= 4 is 34.3 Å². The van der Waals surface area contributed by atoms with Gasteiger partial charge in [-0.05, 0) is 72.5 Å². The Morgan fingerprint density at radius 3 is 2.48 bits per heavy atom. The predicted octanol–water partition coefficient (Wildman–Crippen LogP) is 4.94. The highest BCUT2D eigenvalue weighted by molar-refractivity contribution is 14.1. The minimum absolute atomic E-state index is 0.0912. The van der Waals surface area contributed by atoms with E-state index in [-0.39, 0.29) is 11.9 Å². The summed E-state index contributed by atoms with van der Waals surface area (Å²) >= 11 is 2.30. The van der Waals surface area contributed by atoms with Crippen LogP contribution in [0, 0.1) is 5.92 Å². The highest BCUT2D eigenvalue weighted by atomic mass is 127. The molecule has 1 aliphatic carbocycles. The Bertz CT molecular complexity index is 515. The van der Waals surface area contributed by atoms with Crippen LogP contribution >= 0.6 is 22.6 Å². The minimum Gasteiger partial charge on any atom is -0.497 e. The van der Waals surface area contributed by atoms with Crippen LogP contribution in [0.15, 0.2) is 27.8 Å². The molecule has 0 unspecified atom stereocenters. The number of methoxy groups -OCH3 is 1. The molecule has 0 amide bonds. The third-order valence-electron chi connectivity index (χ3n) is 3.46. The Labute approximate surface area is 139 Å². The Morgan fingerprint density at radius 2 is 1.95 bits per heavy atom. The number of carbonyl (C=O) groups excluding carboxylic acids is 1. The highest BCUT2D eigenvalue weighted by Crippen LogP contribution is 2.35. The third kappa shape index (κ3) is 4.73. The number of allylic oxidation sites excluding steroid dienone is 1. The Kier molecular flexibility index (Phi) is 6.08. The number of carbonyl (C=O) groups is 1. The second-order valence-corrected chi connectivity index (χ2v) is 6.56. The Balaban J connectivity index is 2.22. The molecule has 0 saturated heterocycles. The fourth-order valence-corrected chi connectivity index (χ4v) is 2.76. The molecule has 2 rings (SSSR count). The lowest BCUT2D eigenvalue weighted by molar-refractivity contribution is -0.138. The van der Waals surface area contributed by atoms with Crippen LogP contribution in [0.2, 0.25) is 0 Å². The molecule has 0 atom stereocenters. The maximum atomic E-state index is 12.0. The highest BCUT2D eigenvalue weighted by Gasteiger charge is 2.32. The van der Waals surface area contributed by atoms with Crippen LogP contribution in [0.1, 0.15) is 44.6 Å². The quantitative estimate of drug-likeness (QED) is 0.370. The van der Waals surface area contributed by atoms with E-state index >= 15 is 0 Å². The van der Waals surface area contributed by atoms with Crippen molar-refractivity contribution in [2.24, 2.45) is 5.92 Å². The van der Waals surface area contributed by atoms with Gasteiger partial charge < -0.3 is 9.47 Å². The van der Waals surface area contributed by atoms with E-state index in [1.54, 1.807) is 7.11 Å². The first-order valence-electron chi connectivity index (χ1n) is 7.40. The number of rotatable bonds is 7. The van der Waals surface area contributed by atoms with Gasteiger partial charge in [0.1, 0.15) is 11.5 Å². The van der Waals surface area contributed by atoms with Crippen LogP contribution in [-0.2, 0) is 9.53 Å². The normalized spacial score (nSPS) is 15.4. The molecule has 1 aromatic rings. The van der Waals surface area contributed by atoms with E-state index in [0.29, 0.717) is 5.76 Å². The van der Waals surface area contributed by atoms with Crippen molar-refractivity contribution in [3.63, 3.8) is 0 Å². The van der Waals surface area contributed by atoms with Crippen molar-refractivity contribution in [3.05, 3.63) is 33.4 Å². The largest absolute Gasteiger partial charge is 0.497 e. The van der Waals surface area contributed by atoms with E-state index in [9.17, 15) is 4.79 Å². The first-order valence-corrected chi connectivity index (χ1v) is 8.48. The molecule has 1 saturated carbocycles. The third-order valence-corrected chi connectivity index (χ3v) is 4.49. The summed E-state index contributed by atoms with van der Waals surface area (Å²) in [5, 5.41) is 0. The second kappa shape index (κ2) is 7.82. The number of hydrogen-bond donors (Lipinski definition) is 0. The first-order chi connectivity index (χ1) is 10.2. The SMILES string of the molecule is CCCC/C(I)=C(\OC(=O)C1CC1)c1ccc(OC)cc1. The molecule has 0 N–H and O–H groups in total. The fourth-order valence-electron chi connectivity index (χ4n) is 1.96. The molecule has 3 nitrogen and oxygen atoms in total. The molecule has 1 fully saturated rings. The van der Waals surface area contributed by atoms with Gasteiger partial charge in [0.2, 0.25) is 0 Å². The summed E-state index contributed by atoms with van der Waals surface area (Å²) in [6, 6.07) is 7.67. The number of halogens is 1. The molecule has 0 radical (unpaired) electrons. The first kappa shape index (κ1) is 16.3. The predicted molar refractivity (Wildman–Crippen MR) is 92.3 cm³/mol. The molecule has 114 valence electrons. The number of hydrogen-bond acceptors (Lipinski definition) is 3. The van der Waals surface area contributed by atoms with Crippen LogP contribution in [0.25, 0.3) is 5.76 Å². The lowest BCUT2D eigenvalue weighted by Gasteiger charge is -2.12. The number of unbranched alkanes of at least 4 members (excludes halogenated alkanes) is 1. The van der Waals surface area contributed by atoms with Crippen LogP contribution < -0.4 is 4.74 Å². The lowest BCUT2D eigenvalue weighted by atomic mass is 10.1. The summed E-state index contributed by atoms with van der Waals surface area (Å²) in [4.78, 5) is 12.0. The van der Waals surface area contributed by atoms with Gasteiger partial charge in [-0.3, -0.25) is 4.79 Å². The Morgan fingerprint density at radius 1 is 1.29 bits per heavy atom. The van der Waals surface area contributed by atoms with Gasteiger partial charge in [-0.25, -0.2) is 0 Å². The molecule has 1 aliphatic rings. The van der Waals surface area contributed by atoms with Crippen molar-refractivity contribution < 1.29 is 14.3 Å². The molecular formula is C17H21IO3. The molecular weight excluding hydrogens is 379 g/mol. The van der Waals surface area contributed by atoms with E-state index < -0.39 is 0 Å². The maximum absolute atomic E-state index is 12.0. The van der Waals surface area contributed by atoms with E-state index in [1.807, 2.05) is 24.3 Å². The standard InChI is InChI=1S/C17H21IO3/c1-3-4-5-15(18)16(21-17(19)13-6-7-13)12-8-10-14(20-2)11-9-12/h8-11,13H,3-7H2,1-2H3/b16-15+. The van der Waals surface area contributed by atoms with Gasteiger partial charge >= 0.3 is 5.97 Å². The molecule has 21 heavy (non-hydrogen) atoms. The number of esters is 1. The summed E-state index contributed by atoms with van der Waals surface area (Å²) in [5.41, 5.74) is 0.935. The van der Waals surface area contributed by atoms with Crippen molar-refractivity contribution in [1.82, 2.24) is 0 Å². The van der Waals surface area contributed by atoms with Gasteiger partial charge in [0.05, 0.1) is 13.0 Å². The van der Waals surface area contributed by atoms with E-state index in [4.69, 9.17) is 9.47 Å². The van der Waals surface area contributed by atoms with E-state index in [2.05, 4.69) is 29.5 Å². The Hall–Kier alpha value is -1.04. The minimum atomic E-state index is -0.0912. The van der Waals surface area contributed by atoms with Gasteiger partial charge in [-0.2, -0.15) is 0 Å². The zero-order valence-electron chi connectivity index (χ0n) is 12.5. The monoisotopic (exact) mass is 400 g/mol. The van der Waals surface area contributed by atoms with Crippen molar-refractivity contribution in [2.45, 2.75) is 39.0 Å². The van der Waals surface area contributed by atoms with Gasteiger partial charge in [-0.15, -0.1) is 0 Å². The molecule has 0 aromatic heterocycles. The van der Waals surface area contributed by atoms with E-state index in [1.165, 1.54) is 0 Å². The van der Waals surface area contributed by atoms with Crippen LogP contribution in [0.3, 0.4) is 0 Å². The average molecular weight is 400 g/mol. The summed E-state index contributed by atoms with van der Waals surface area (Å²) in [6.07, 6.45) is 5.08. The molecule has 0 heterocycles. The van der Waals surface area contributed by atoms with Crippen LogP contribution in [0.4, 0.5) is 0 Å². The number of benzene rings is 1. The molecule has 4 heteroatoms. The van der Waals surface area contributed by atoms with Gasteiger partial charge in [0, 0.05) is 9.14 Å². The summed E-state index contributed by atoms with van der Waals surface area (Å²) < 4.78 is 12.0. The molecule has 1 aromatic carbocycles. The molecule has 0 bridgehead atoms. The van der Waals surface area contributed by atoms with Gasteiger partial charge in [0.25, 0.3) is 0 Å². The fraction of sp³-hybridized carbons (Fsp3) is 0.471. The van der Waals surface area contributed by atoms with Crippen molar-refractivity contribution in [2.75, 3.05) is 7.11 Å². The van der Waals surface area contributed by atoms with Crippen LogP contribution in [0.5, 0.6) is 5.75 Å². The maximum Gasteiger partial charge on any atom is 0.314 e. The summed E-state index contributed by atoms with van der Waals surface area (Å²) in [5.74, 6) is 1.53. The van der Waals surface area contributed by atoms with Crippen molar-refractivity contribution in [1.29, 1.82) is 0 Å². The van der Waals surface area contributed by atoms with Crippen molar-refractivity contribution in [3.8, 4) is 5.75 Å².